The zero-order valence-electron chi connectivity index (χ0n) is 18.0. The van der Waals surface area contributed by atoms with E-state index in [4.69, 9.17) is 26.2 Å². The lowest BCUT2D eigenvalue weighted by atomic mass is 10.1. The maximum absolute atomic E-state index is 12.8. The Hall–Kier alpha value is -3.38. The second-order valence-electron chi connectivity index (χ2n) is 6.98. The lowest BCUT2D eigenvalue weighted by Crippen LogP contribution is -2.49. The van der Waals surface area contributed by atoms with Crippen LogP contribution in [0.25, 0.3) is 0 Å². The van der Waals surface area contributed by atoms with E-state index in [1.54, 1.807) is 30.5 Å². The Morgan fingerprint density at radius 1 is 1.15 bits per heavy atom. The first kappa shape index (κ1) is 26.9. The molecule has 2 amide bonds. The number of halogens is 4. The molecule has 13 heteroatoms. The Morgan fingerprint density at radius 3 is 2.32 bits per heavy atom. The number of anilines is 2. The normalized spacial score (nSPS) is 13.6. The van der Waals surface area contributed by atoms with Crippen LogP contribution in [0.4, 0.5) is 24.7 Å². The lowest BCUT2D eigenvalue weighted by Gasteiger charge is -2.35. The molecule has 34 heavy (non-hydrogen) atoms. The van der Waals surface area contributed by atoms with Gasteiger partial charge in [0.15, 0.2) is 0 Å². The fraction of sp³-hybridized carbons (Fsp3) is 0.333. The number of pyridine rings is 1. The number of aromatic nitrogens is 1. The fourth-order valence-corrected chi connectivity index (χ4v) is 3.05. The van der Waals surface area contributed by atoms with Crippen LogP contribution >= 0.6 is 11.6 Å². The van der Waals surface area contributed by atoms with E-state index in [9.17, 15) is 22.8 Å². The van der Waals surface area contributed by atoms with Gasteiger partial charge in [0.1, 0.15) is 12.4 Å². The van der Waals surface area contributed by atoms with E-state index in [1.807, 2.05) is 17.0 Å². The summed E-state index contributed by atoms with van der Waals surface area (Å²) in [7, 11) is 1.46. The molecule has 1 aromatic carbocycles. The average molecular weight is 503 g/mol. The number of benzene rings is 1. The molecule has 9 nitrogen and oxygen atoms in total. The summed E-state index contributed by atoms with van der Waals surface area (Å²) >= 11 is 5.88. The molecule has 3 rings (SSSR count). The third-order valence-electron chi connectivity index (χ3n) is 4.51. The van der Waals surface area contributed by atoms with Gasteiger partial charge in [0.05, 0.1) is 5.02 Å². The second-order valence-corrected chi connectivity index (χ2v) is 7.42. The molecule has 1 fully saturated rings. The molecule has 1 aliphatic rings. The molecule has 0 spiro atoms. The van der Waals surface area contributed by atoms with Gasteiger partial charge in [-0.3, -0.25) is 9.59 Å². The van der Waals surface area contributed by atoms with E-state index in [0.717, 1.165) is 5.82 Å². The van der Waals surface area contributed by atoms with Gasteiger partial charge in [0, 0.05) is 50.7 Å². The summed E-state index contributed by atoms with van der Waals surface area (Å²) in [5.74, 6) is -2.21. The maximum Gasteiger partial charge on any atom is 0.490 e. The first-order valence-electron chi connectivity index (χ1n) is 9.86. The molecule has 2 N–H and O–H groups in total. The van der Waals surface area contributed by atoms with Crippen molar-refractivity contribution in [2.45, 2.75) is 6.18 Å². The average Bonchev–Trinajstić information content (AvgIpc) is 2.79. The topological polar surface area (TPSA) is 112 Å². The smallest absolute Gasteiger partial charge is 0.475 e. The van der Waals surface area contributed by atoms with E-state index < -0.39 is 12.1 Å². The van der Waals surface area contributed by atoms with Gasteiger partial charge in [-0.05, 0) is 30.3 Å². The molecule has 0 atom stereocenters. The van der Waals surface area contributed by atoms with Gasteiger partial charge in [0.2, 0.25) is 5.91 Å². The minimum absolute atomic E-state index is 0.0289. The Labute approximate surface area is 198 Å². The van der Waals surface area contributed by atoms with Crippen molar-refractivity contribution in [3.05, 3.63) is 53.2 Å². The van der Waals surface area contributed by atoms with Gasteiger partial charge < -0.3 is 25.0 Å². The van der Waals surface area contributed by atoms with Gasteiger partial charge >= 0.3 is 12.1 Å². The number of amides is 2. The van der Waals surface area contributed by atoms with Gasteiger partial charge in [0.25, 0.3) is 5.91 Å². The van der Waals surface area contributed by atoms with Crippen molar-refractivity contribution >= 4 is 40.9 Å². The van der Waals surface area contributed by atoms with E-state index in [1.165, 1.54) is 7.11 Å². The highest BCUT2D eigenvalue weighted by Gasteiger charge is 2.38. The van der Waals surface area contributed by atoms with Crippen LogP contribution in [0.3, 0.4) is 0 Å². The summed E-state index contributed by atoms with van der Waals surface area (Å²) in [6, 6.07) is 10.6. The number of nitrogens with one attached hydrogen (secondary N) is 1. The van der Waals surface area contributed by atoms with Crippen molar-refractivity contribution in [3.63, 3.8) is 0 Å². The third-order valence-corrected chi connectivity index (χ3v) is 4.74. The Bertz CT molecular complexity index is 997. The summed E-state index contributed by atoms with van der Waals surface area (Å²) in [6.07, 6.45) is -3.46. The summed E-state index contributed by atoms with van der Waals surface area (Å²) in [5, 5.41) is 10.4. The largest absolute Gasteiger partial charge is 0.490 e. The molecule has 0 bridgehead atoms. The SMILES string of the molecule is COCC(=O)Nc1cccc(C(=O)N2CCN(c3ccc(Cl)cn3)CC2)c1.O=C(O)C(F)(F)F. The molecule has 0 saturated carbocycles. The summed E-state index contributed by atoms with van der Waals surface area (Å²) in [5.41, 5.74) is 1.12. The highest BCUT2D eigenvalue weighted by atomic mass is 35.5. The highest BCUT2D eigenvalue weighted by Crippen LogP contribution is 2.18. The number of rotatable bonds is 5. The molecule has 2 aromatic rings. The number of hydrogen-bond acceptors (Lipinski definition) is 6. The number of carbonyl (C=O) groups is 3. The van der Waals surface area contributed by atoms with Crippen molar-refractivity contribution in [2.24, 2.45) is 0 Å². The Kier molecular flexibility index (Phi) is 9.63. The van der Waals surface area contributed by atoms with E-state index in [2.05, 4.69) is 15.2 Å². The molecule has 0 unspecified atom stereocenters. The van der Waals surface area contributed by atoms with Gasteiger partial charge in [-0.25, -0.2) is 9.78 Å². The van der Waals surface area contributed by atoms with Gasteiger partial charge in [-0.15, -0.1) is 0 Å². The van der Waals surface area contributed by atoms with Crippen LogP contribution in [0.2, 0.25) is 5.02 Å². The molecular formula is C21H22ClF3N4O5. The van der Waals surface area contributed by atoms with Crippen LogP contribution in [0.15, 0.2) is 42.6 Å². The van der Waals surface area contributed by atoms with Crippen LogP contribution < -0.4 is 10.2 Å². The first-order chi connectivity index (χ1) is 16.0. The van der Waals surface area contributed by atoms with Crippen molar-refractivity contribution < 1.29 is 37.4 Å². The molecule has 1 saturated heterocycles. The van der Waals surface area contributed by atoms with Crippen molar-refractivity contribution in [3.8, 4) is 0 Å². The van der Waals surface area contributed by atoms with Crippen molar-refractivity contribution in [1.82, 2.24) is 9.88 Å². The molecule has 2 heterocycles. The molecule has 0 radical (unpaired) electrons. The number of alkyl halides is 3. The van der Waals surface area contributed by atoms with Crippen LogP contribution in [0, 0.1) is 0 Å². The minimum Gasteiger partial charge on any atom is -0.475 e. The Morgan fingerprint density at radius 2 is 1.79 bits per heavy atom. The number of aliphatic carboxylic acids is 1. The van der Waals surface area contributed by atoms with Crippen molar-refractivity contribution in [2.75, 3.05) is 50.1 Å². The monoisotopic (exact) mass is 502 g/mol. The number of nitrogens with zero attached hydrogens (tertiary/aromatic N) is 3. The number of hydrogen-bond donors (Lipinski definition) is 2. The van der Waals surface area contributed by atoms with E-state index in [-0.39, 0.29) is 18.4 Å². The zero-order valence-corrected chi connectivity index (χ0v) is 18.8. The quantitative estimate of drug-likeness (QED) is 0.646. The highest BCUT2D eigenvalue weighted by molar-refractivity contribution is 6.30. The summed E-state index contributed by atoms with van der Waals surface area (Å²) in [6.45, 7) is 2.57. The molecular weight excluding hydrogens is 481 g/mol. The maximum atomic E-state index is 12.8. The predicted octanol–water partition coefficient (Wildman–Crippen LogP) is 2.92. The number of methoxy groups -OCH3 is 1. The van der Waals surface area contributed by atoms with Crippen LogP contribution in [-0.4, -0.2) is 78.8 Å². The lowest BCUT2D eigenvalue weighted by molar-refractivity contribution is -0.192. The van der Waals surface area contributed by atoms with Gasteiger partial charge in [-0.1, -0.05) is 17.7 Å². The summed E-state index contributed by atoms with van der Waals surface area (Å²) < 4.78 is 36.5. The molecule has 1 aromatic heterocycles. The summed E-state index contributed by atoms with van der Waals surface area (Å²) in [4.78, 5) is 41.6. The molecule has 0 aliphatic carbocycles. The molecule has 184 valence electrons. The standard InChI is InChI=1S/C19H21ClN4O3.C2HF3O2/c1-27-13-18(25)22-16-4-2-3-14(11-16)19(26)24-9-7-23(8-10-24)17-6-5-15(20)12-21-17;3-2(4,5)1(6)7/h2-6,11-12H,7-10,13H2,1H3,(H,22,25);(H,6,7). The number of carboxylic acid groups (broad SMARTS) is 1. The van der Waals surface area contributed by atoms with Gasteiger partial charge in [-0.2, -0.15) is 13.2 Å². The Balaban J connectivity index is 0.000000509. The fourth-order valence-electron chi connectivity index (χ4n) is 2.93. The minimum atomic E-state index is -5.08. The predicted molar refractivity (Wildman–Crippen MR) is 118 cm³/mol. The second kappa shape index (κ2) is 12.2. The van der Waals surface area contributed by atoms with E-state index >= 15 is 0 Å². The number of carboxylic acids is 1. The van der Waals surface area contributed by atoms with Crippen LogP contribution in [0.5, 0.6) is 0 Å². The molecule has 1 aliphatic heterocycles. The number of ether oxygens (including phenoxy) is 1. The number of carbonyl (C=O) groups excluding carboxylic acids is 2. The van der Waals surface area contributed by atoms with Crippen LogP contribution in [0.1, 0.15) is 10.4 Å². The van der Waals surface area contributed by atoms with E-state index in [0.29, 0.717) is 42.5 Å². The van der Waals surface area contributed by atoms with Crippen LogP contribution in [-0.2, 0) is 14.3 Å². The zero-order chi connectivity index (χ0) is 25.3. The number of piperazine rings is 1. The first-order valence-corrected chi connectivity index (χ1v) is 10.2. The van der Waals surface area contributed by atoms with Crippen molar-refractivity contribution in [1.29, 1.82) is 0 Å². The third kappa shape index (κ3) is 8.19.